The van der Waals surface area contributed by atoms with Crippen LogP contribution in [0.4, 0.5) is 0 Å². The van der Waals surface area contributed by atoms with Gasteiger partial charge in [0.2, 0.25) is 0 Å². The van der Waals surface area contributed by atoms with Crippen LogP contribution in [0.1, 0.15) is 29.0 Å². The number of carboxylic acid groups (broad SMARTS) is 1. The zero-order valence-electron chi connectivity index (χ0n) is 11.9. The number of carboxylic acids is 1. The predicted molar refractivity (Wildman–Crippen MR) is 79.5 cm³/mol. The first-order chi connectivity index (χ1) is 10.1. The van der Waals surface area contributed by atoms with Gasteiger partial charge in [0, 0.05) is 25.2 Å². The Bertz CT molecular complexity index is 644. The molecule has 1 saturated heterocycles. The van der Waals surface area contributed by atoms with Gasteiger partial charge in [0.25, 0.3) is 0 Å². The molecule has 3 heterocycles. The lowest BCUT2D eigenvalue weighted by Gasteiger charge is -2.29. The number of fused-ring (bicyclic) bond motifs is 1. The first-order valence-electron chi connectivity index (χ1n) is 7.32. The van der Waals surface area contributed by atoms with Gasteiger partial charge in [-0.3, -0.25) is 4.40 Å². The highest BCUT2D eigenvalue weighted by Crippen LogP contribution is 2.12. The molecule has 0 bridgehead atoms. The molecule has 1 aliphatic rings. The lowest BCUT2D eigenvalue weighted by atomic mass is 10.1. The van der Waals surface area contributed by atoms with E-state index in [1.54, 1.807) is 16.5 Å². The largest absolute Gasteiger partial charge is 0.477 e. The van der Waals surface area contributed by atoms with Gasteiger partial charge in [-0.1, -0.05) is 6.07 Å². The van der Waals surface area contributed by atoms with Gasteiger partial charge in [-0.05, 0) is 38.1 Å². The van der Waals surface area contributed by atoms with Crippen LogP contribution in [-0.4, -0.2) is 51.0 Å². The number of hydrogen-bond donors (Lipinski definition) is 2. The highest BCUT2D eigenvalue weighted by Gasteiger charge is 2.16. The fourth-order valence-corrected chi connectivity index (χ4v) is 2.81. The standard InChI is InChI=1S/C15H20N4O2/c16-11-4-7-18(8-5-11)9-6-12-10-19-13(15(20)21)2-1-3-14(19)17-12/h1-3,10-11H,4-9,16H2,(H,20,21). The number of imidazole rings is 1. The minimum Gasteiger partial charge on any atom is -0.477 e. The van der Waals surface area contributed by atoms with Gasteiger partial charge in [0.05, 0.1) is 5.69 Å². The van der Waals surface area contributed by atoms with Crippen LogP contribution < -0.4 is 5.73 Å². The van der Waals surface area contributed by atoms with E-state index in [9.17, 15) is 9.90 Å². The van der Waals surface area contributed by atoms with Crippen LogP contribution in [0.15, 0.2) is 24.4 Å². The minimum absolute atomic E-state index is 0.246. The quantitative estimate of drug-likeness (QED) is 0.877. The van der Waals surface area contributed by atoms with E-state index in [2.05, 4.69) is 9.88 Å². The Morgan fingerprint density at radius 3 is 2.86 bits per heavy atom. The van der Waals surface area contributed by atoms with Gasteiger partial charge >= 0.3 is 5.97 Å². The second-order valence-corrected chi connectivity index (χ2v) is 5.61. The molecule has 6 heteroatoms. The molecule has 0 spiro atoms. The molecular weight excluding hydrogens is 268 g/mol. The summed E-state index contributed by atoms with van der Waals surface area (Å²) in [5.74, 6) is -0.936. The van der Waals surface area contributed by atoms with Crippen molar-refractivity contribution in [2.75, 3.05) is 19.6 Å². The third kappa shape index (κ3) is 3.06. The van der Waals surface area contributed by atoms with E-state index in [4.69, 9.17) is 5.73 Å². The third-order valence-electron chi connectivity index (χ3n) is 4.08. The van der Waals surface area contributed by atoms with Crippen LogP contribution in [0, 0.1) is 0 Å². The molecule has 112 valence electrons. The Hall–Kier alpha value is -1.92. The molecule has 1 aliphatic heterocycles. The number of aromatic carboxylic acids is 1. The van der Waals surface area contributed by atoms with Crippen molar-refractivity contribution in [3.63, 3.8) is 0 Å². The molecule has 0 unspecified atom stereocenters. The number of rotatable bonds is 4. The first-order valence-corrected chi connectivity index (χ1v) is 7.32. The smallest absolute Gasteiger partial charge is 0.352 e. The molecule has 0 atom stereocenters. The second kappa shape index (κ2) is 5.83. The summed E-state index contributed by atoms with van der Waals surface area (Å²) >= 11 is 0. The van der Waals surface area contributed by atoms with Crippen molar-refractivity contribution in [1.29, 1.82) is 0 Å². The van der Waals surface area contributed by atoms with Crippen LogP contribution in [0.25, 0.3) is 5.65 Å². The Labute approximate surface area is 123 Å². The number of hydrogen-bond acceptors (Lipinski definition) is 4. The van der Waals surface area contributed by atoms with Crippen molar-refractivity contribution >= 4 is 11.6 Å². The van der Waals surface area contributed by atoms with Crippen molar-refractivity contribution in [1.82, 2.24) is 14.3 Å². The fourth-order valence-electron chi connectivity index (χ4n) is 2.81. The van der Waals surface area contributed by atoms with E-state index >= 15 is 0 Å². The lowest BCUT2D eigenvalue weighted by Crippen LogP contribution is -2.40. The summed E-state index contributed by atoms with van der Waals surface area (Å²) < 4.78 is 1.64. The maximum atomic E-state index is 11.2. The van der Waals surface area contributed by atoms with E-state index in [1.165, 1.54) is 0 Å². The maximum absolute atomic E-state index is 11.2. The Balaban J connectivity index is 1.70. The number of piperidine rings is 1. The van der Waals surface area contributed by atoms with Crippen molar-refractivity contribution < 1.29 is 9.90 Å². The molecule has 0 radical (unpaired) electrons. The Kier molecular flexibility index (Phi) is 3.90. The van der Waals surface area contributed by atoms with Gasteiger partial charge in [-0.15, -0.1) is 0 Å². The highest BCUT2D eigenvalue weighted by atomic mass is 16.4. The Morgan fingerprint density at radius 2 is 2.14 bits per heavy atom. The maximum Gasteiger partial charge on any atom is 0.352 e. The van der Waals surface area contributed by atoms with Gasteiger partial charge in [-0.2, -0.15) is 0 Å². The van der Waals surface area contributed by atoms with E-state index in [-0.39, 0.29) is 5.69 Å². The van der Waals surface area contributed by atoms with Crippen LogP contribution in [0.5, 0.6) is 0 Å². The molecule has 0 saturated carbocycles. The van der Waals surface area contributed by atoms with Gasteiger partial charge < -0.3 is 15.7 Å². The molecule has 6 nitrogen and oxygen atoms in total. The van der Waals surface area contributed by atoms with Crippen molar-refractivity contribution in [2.24, 2.45) is 5.73 Å². The average Bonchev–Trinajstić information content (AvgIpc) is 2.89. The fraction of sp³-hybridized carbons (Fsp3) is 0.467. The van der Waals surface area contributed by atoms with Crippen LogP contribution in [0.3, 0.4) is 0 Å². The number of likely N-dealkylation sites (tertiary alicyclic amines) is 1. The molecule has 0 aliphatic carbocycles. The summed E-state index contributed by atoms with van der Waals surface area (Å²) in [6, 6.07) is 5.49. The molecule has 0 amide bonds. The normalized spacial score (nSPS) is 17.4. The summed E-state index contributed by atoms with van der Waals surface area (Å²) in [4.78, 5) is 18.1. The molecule has 21 heavy (non-hydrogen) atoms. The number of nitrogens with zero attached hydrogens (tertiary/aromatic N) is 3. The van der Waals surface area contributed by atoms with Crippen LogP contribution >= 0.6 is 0 Å². The second-order valence-electron chi connectivity index (χ2n) is 5.61. The summed E-state index contributed by atoms with van der Waals surface area (Å²) in [6.45, 7) is 3.02. The zero-order valence-corrected chi connectivity index (χ0v) is 11.9. The average molecular weight is 288 g/mol. The molecule has 3 rings (SSSR count). The van der Waals surface area contributed by atoms with E-state index in [0.29, 0.717) is 11.7 Å². The van der Waals surface area contributed by atoms with Crippen molar-refractivity contribution in [3.8, 4) is 0 Å². The van der Waals surface area contributed by atoms with Crippen LogP contribution in [-0.2, 0) is 6.42 Å². The summed E-state index contributed by atoms with van der Waals surface area (Å²) in [6.07, 6.45) is 4.76. The van der Waals surface area contributed by atoms with Gasteiger partial charge in [0.1, 0.15) is 11.3 Å². The summed E-state index contributed by atoms with van der Waals surface area (Å²) in [5.41, 5.74) is 7.76. The first kappa shape index (κ1) is 14.0. The number of nitrogens with two attached hydrogens (primary N) is 1. The zero-order chi connectivity index (χ0) is 14.8. The monoisotopic (exact) mass is 288 g/mol. The van der Waals surface area contributed by atoms with Gasteiger partial charge in [0.15, 0.2) is 0 Å². The lowest BCUT2D eigenvalue weighted by molar-refractivity contribution is 0.0689. The Morgan fingerprint density at radius 1 is 1.38 bits per heavy atom. The van der Waals surface area contributed by atoms with E-state index in [0.717, 1.165) is 44.6 Å². The third-order valence-corrected chi connectivity index (χ3v) is 4.08. The van der Waals surface area contributed by atoms with E-state index < -0.39 is 5.97 Å². The molecule has 1 fully saturated rings. The van der Waals surface area contributed by atoms with Gasteiger partial charge in [-0.25, -0.2) is 9.78 Å². The number of aromatic nitrogens is 2. The van der Waals surface area contributed by atoms with Crippen molar-refractivity contribution in [3.05, 3.63) is 35.8 Å². The minimum atomic E-state index is -0.936. The molecule has 3 N–H and O–H groups in total. The SMILES string of the molecule is NC1CCN(CCc2cn3c(C(=O)O)cccc3n2)CC1. The number of carbonyl (C=O) groups is 1. The molecule has 2 aromatic heterocycles. The summed E-state index contributed by atoms with van der Waals surface area (Å²) in [5, 5.41) is 9.18. The molecule has 0 aromatic carbocycles. The molecule has 2 aromatic rings. The predicted octanol–water partition coefficient (Wildman–Crippen LogP) is 0.998. The van der Waals surface area contributed by atoms with Crippen LogP contribution in [0.2, 0.25) is 0 Å². The highest BCUT2D eigenvalue weighted by molar-refractivity contribution is 5.86. The van der Waals surface area contributed by atoms with E-state index in [1.807, 2.05) is 12.3 Å². The number of pyridine rings is 1. The van der Waals surface area contributed by atoms with Crippen molar-refractivity contribution in [2.45, 2.75) is 25.3 Å². The summed E-state index contributed by atoms with van der Waals surface area (Å²) in [7, 11) is 0. The topological polar surface area (TPSA) is 83.9 Å². The molecular formula is C15H20N4O2.